The number of benzene rings is 2. The van der Waals surface area contributed by atoms with Gasteiger partial charge in [0.15, 0.2) is 0 Å². The number of hydrogen-bond donors (Lipinski definition) is 1. The molecule has 0 saturated carbocycles. The quantitative estimate of drug-likeness (QED) is 0.449. The molecular formula is C16H14N4O4. The number of anilines is 2. The summed E-state index contributed by atoms with van der Waals surface area (Å²) in [6.45, 7) is 0. The third-order valence-corrected chi connectivity index (χ3v) is 3.67. The number of hydrogen-bond acceptors (Lipinski definition) is 6. The average Bonchev–Trinajstić information content (AvgIpc) is 2.96. The van der Waals surface area contributed by atoms with Crippen LogP contribution >= 0.6 is 0 Å². The zero-order valence-corrected chi connectivity index (χ0v) is 13.0. The Kier molecular flexibility index (Phi) is 3.87. The molecule has 0 aliphatic carbocycles. The van der Waals surface area contributed by atoms with Crippen molar-refractivity contribution in [3.8, 4) is 0 Å². The van der Waals surface area contributed by atoms with Crippen molar-refractivity contribution in [3.05, 3.63) is 58.3 Å². The Balaban J connectivity index is 2.19. The van der Waals surface area contributed by atoms with E-state index in [9.17, 15) is 14.9 Å². The smallest absolute Gasteiger partial charge is 0.340 e. The number of esters is 1. The maximum Gasteiger partial charge on any atom is 0.340 e. The number of nitro benzene ring substituents is 1. The second-order valence-corrected chi connectivity index (χ2v) is 5.08. The van der Waals surface area contributed by atoms with Crippen LogP contribution in [0.1, 0.15) is 10.4 Å². The Morgan fingerprint density at radius 1 is 1.29 bits per heavy atom. The second kappa shape index (κ2) is 5.99. The molecule has 1 aromatic heterocycles. The van der Waals surface area contributed by atoms with Gasteiger partial charge >= 0.3 is 5.97 Å². The van der Waals surface area contributed by atoms with Gasteiger partial charge in [-0.2, -0.15) is 5.10 Å². The average molecular weight is 326 g/mol. The largest absolute Gasteiger partial charge is 0.465 e. The summed E-state index contributed by atoms with van der Waals surface area (Å²) in [4.78, 5) is 22.8. The van der Waals surface area contributed by atoms with Gasteiger partial charge in [0.05, 0.1) is 35.0 Å². The fourth-order valence-electron chi connectivity index (χ4n) is 2.57. The first-order valence-electron chi connectivity index (χ1n) is 7.06. The van der Waals surface area contributed by atoms with Gasteiger partial charge in [0.2, 0.25) is 0 Å². The van der Waals surface area contributed by atoms with Gasteiger partial charge in [-0.05, 0) is 12.1 Å². The number of aromatic nitrogens is 2. The summed E-state index contributed by atoms with van der Waals surface area (Å²) in [7, 11) is 3.00. The Morgan fingerprint density at radius 2 is 2.04 bits per heavy atom. The van der Waals surface area contributed by atoms with Crippen LogP contribution in [0.15, 0.2) is 42.6 Å². The van der Waals surface area contributed by atoms with E-state index in [1.54, 1.807) is 30.1 Å². The van der Waals surface area contributed by atoms with E-state index >= 15 is 0 Å². The molecule has 0 aliphatic rings. The predicted octanol–water partition coefficient (Wildman–Crippen LogP) is 3.01. The predicted molar refractivity (Wildman–Crippen MR) is 88.4 cm³/mol. The summed E-state index contributed by atoms with van der Waals surface area (Å²) in [6.07, 6.45) is 1.70. The lowest BCUT2D eigenvalue weighted by atomic mass is 10.1. The topological polar surface area (TPSA) is 99.3 Å². The summed E-state index contributed by atoms with van der Waals surface area (Å²) in [6, 6.07) is 9.71. The molecule has 3 rings (SSSR count). The van der Waals surface area contributed by atoms with Gasteiger partial charge in [-0.15, -0.1) is 0 Å². The number of aryl methyl sites for hydroxylation is 1. The minimum absolute atomic E-state index is 0.0862. The lowest BCUT2D eigenvalue weighted by Crippen LogP contribution is -2.08. The molecule has 0 aliphatic heterocycles. The van der Waals surface area contributed by atoms with Gasteiger partial charge in [-0.3, -0.25) is 14.8 Å². The molecule has 8 heteroatoms. The molecule has 0 fully saturated rings. The van der Waals surface area contributed by atoms with E-state index < -0.39 is 10.9 Å². The highest BCUT2D eigenvalue weighted by atomic mass is 16.6. The molecule has 122 valence electrons. The maximum atomic E-state index is 12.0. The van der Waals surface area contributed by atoms with Crippen molar-refractivity contribution in [2.24, 2.45) is 7.05 Å². The highest BCUT2D eigenvalue weighted by molar-refractivity contribution is 6.01. The summed E-state index contributed by atoms with van der Waals surface area (Å²) < 4.78 is 6.38. The zero-order valence-electron chi connectivity index (χ0n) is 13.0. The van der Waals surface area contributed by atoms with Crippen molar-refractivity contribution in [1.82, 2.24) is 9.78 Å². The number of rotatable bonds is 4. The molecule has 0 amide bonds. The maximum absolute atomic E-state index is 12.0. The fraction of sp³-hybridized carbons (Fsp3) is 0.125. The van der Waals surface area contributed by atoms with Crippen molar-refractivity contribution < 1.29 is 14.5 Å². The number of carbonyl (C=O) groups excluding carboxylic acids is 1. The molecule has 0 radical (unpaired) electrons. The number of methoxy groups -OCH3 is 1. The van der Waals surface area contributed by atoms with Gasteiger partial charge < -0.3 is 10.1 Å². The molecule has 0 saturated heterocycles. The molecule has 1 heterocycles. The first kappa shape index (κ1) is 15.5. The number of nitrogens with zero attached hydrogens (tertiary/aromatic N) is 3. The van der Waals surface area contributed by atoms with Crippen LogP contribution in [0.25, 0.3) is 10.9 Å². The first-order valence-corrected chi connectivity index (χ1v) is 7.06. The van der Waals surface area contributed by atoms with Crippen LogP contribution in [0, 0.1) is 10.1 Å². The van der Waals surface area contributed by atoms with E-state index in [0.717, 1.165) is 10.9 Å². The van der Waals surface area contributed by atoms with Crippen LogP contribution < -0.4 is 5.32 Å². The van der Waals surface area contributed by atoms with E-state index in [0.29, 0.717) is 5.69 Å². The van der Waals surface area contributed by atoms with Gasteiger partial charge in [-0.1, -0.05) is 18.2 Å². The Labute approximate surface area is 136 Å². The molecule has 8 nitrogen and oxygen atoms in total. The van der Waals surface area contributed by atoms with E-state index in [-0.39, 0.29) is 16.9 Å². The molecule has 0 bridgehead atoms. The SMILES string of the molecule is COC(=O)c1cccc([N+](=O)[O-])c1Nc1cccc2cnn(C)c12. The number of fused-ring (bicyclic) bond motifs is 1. The summed E-state index contributed by atoms with van der Waals surface area (Å²) >= 11 is 0. The van der Waals surface area contributed by atoms with Crippen LogP contribution in [0.2, 0.25) is 0 Å². The van der Waals surface area contributed by atoms with E-state index in [1.807, 2.05) is 6.07 Å². The summed E-state index contributed by atoms with van der Waals surface area (Å²) in [5.74, 6) is -0.654. The Morgan fingerprint density at radius 3 is 2.75 bits per heavy atom. The molecule has 3 aromatic rings. The van der Waals surface area contributed by atoms with Gasteiger partial charge in [0.25, 0.3) is 5.69 Å². The molecular weight excluding hydrogens is 312 g/mol. The normalized spacial score (nSPS) is 10.6. The molecule has 24 heavy (non-hydrogen) atoms. The van der Waals surface area contributed by atoms with Gasteiger partial charge in [0, 0.05) is 18.5 Å². The lowest BCUT2D eigenvalue weighted by molar-refractivity contribution is -0.383. The van der Waals surface area contributed by atoms with E-state index in [1.165, 1.54) is 25.3 Å². The Bertz CT molecular complexity index is 948. The highest BCUT2D eigenvalue weighted by Crippen LogP contribution is 2.34. The standard InChI is InChI=1S/C16H14N4O4/c1-19-15-10(9-17-19)5-3-7-12(15)18-14-11(16(21)24-2)6-4-8-13(14)20(22)23/h3-9,18H,1-2H3. The van der Waals surface area contributed by atoms with Crippen molar-refractivity contribution in [2.45, 2.75) is 0 Å². The molecule has 0 spiro atoms. The second-order valence-electron chi connectivity index (χ2n) is 5.08. The van der Waals surface area contributed by atoms with Crippen molar-refractivity contribution >= 4 is 33.9 Å². The minimum atomic E-state index is -0.654. The van der Waals surface area contributed by atoms with Crippen molar-refractivity contribution in [3.63, 3.8) is 0 Å². The lowest BCUT2D eigenvalue weighted by Gasteiger charge is -2.12. The van der Waals surface area contributed by atoms with Gasteiger partial charge in [-0.25, -0.2) is 4.79 Å². The van der Waals surface area contributed by atoms with Crippen LogP contribution in [0.3, 0.4) is 0 Å². The van der Waals surface area contributed by atoms with Gasteiger partial charge in [0.1, 0.15) is 5.69 Å². The molecule has 1 N–H and O–H groups in total. The van der Waals surface area contributed by atoms with E-state index in [2.05, 4.69) is 10.4 Å². The molecule has 0 atom stereocenters. The monoisotopic (exact) mass is 326 g/mol. The number of carbonyl (C=O) groups is 1. The number of para-hydroxylation sites is 2. The number of nitrogens with one attached hydrogen (secondary N) is 1. The molecule has 0 unspecified atom stereocenters. The van der Waals surface area contributed by atoms with Crippen molar-refractivity contribution in [2.75, 3.05) is 12.4 Å². The zero-order chi connectivity index (χ0) is 17.3. The van der Waals surface area contributed by atoms with Crippen LogP contribution in [0.5, 0.6) is 0 Å². The molecule has 2 aromatic carbocycles. The fourth-order valence-corrected chi connectivity index (χ4v) is 2.57. The van der Waals surface area contributed by atoms with Crippen molar-refractivity contribution in [1.29, 1.82) is 0 Å². The summed E-state index contributed by atoms with van der Waals surface area (Å²) in [5, 5.41) is 19.4. The minimum Gasteiger partial charge on any atom is -0.465 e. The van der Waals surface area contributed by atoms with Crippen LogP contribution in [0.4, 0.5) is 17.1 Å². The number of ether oxygens (including phenoxy) is 1. The van der Waals surface area contributed by atoms with E-state index in [4.69, 9.17) is 4.74 Å². The first-order chi connectivity index (χ1) is 11.5. The number of nitro groups is 1. The summed E-state index contributed by atoms with van der Waals surface area (Å²) in [5.41, 5.74) is 1.34. The van der Waals surface area contributed by atoms with Crippen LogP contribution in [-0.2, 0) is 11.8 Å². The Hall–Kier alpha value is -3.42. The van der Waals surface area contributed by atoms with Crippen LogP contribution in [-0.4, -0.2) is 27.8 Å². The highest BCUT2D eigenvalue weighted by Gasteiger charge is 2.23. The third kappa shape index (κ3) is 2.54. The third-order valence-electron chi connectivity index (χ3n) is 3.67.